The predicted octanol–water partition coefficient (Wildman–Crippen LogP) is -0.422. The first-order valence-electron chi connectivity index (χ1n) is 3.41. The van der Waals surface area contributed by atoms with Crippen molar-refractivity contribution >= 4 is 10.0 Å². The summed E-state index contributed by atoms with van der Waals surface area (Å²) in [6.45, 7) is 0.284. The summed E-state index contributed by atoms with van der Waals surface area (Å²) in [5.41, 5.74) is 2.50. The van der Waals surface area contributed by atoms with E-state index in [0.29, 0.717) is 5.76 Å². The van der Waals surface area contributed by atoms with Crippen molar-refractivity contribution in [1.82, 2.24) is 5.48 Å². The normalized spacial score (nSPS) is 11.8. The van der Waals surface area contributed by atoms with Crippen LogP contribution in [0, 0.1) is 0 Å². The molecule has 74 valence electrons. The summed E-state index contributed by atoms with van der Waals surface area (Å²) in [5, 5.41) is 4.58. The zero-order valence-electron chi connectivity index (χ0n) is 6.98. The van der Waals surface area contributed by atoms with Gasteiger partial charge in [-0.05, 0) is 12.1 Å². The maximum absolute atomic E-state index is 10.8. The second kappa shape index (κ2) is 3.88. The molecule has 0 aromatic carbocycles. The van der Waals surface area contributed by atoms with Crippen molar-refractivity contribution in [3.05, 3.63) is 17.9 Å². The van der Waals surface area contributed by atoms with Gasteiger partial charge in [0.15, 0.2) is 0 Å². The van der Waals surface area contributed by atoms with Crippen molar-refractivity contribution in [2.24, 2.45) is 5.14 Å². The monoisotopic (exact) mass is 206 g/mol. The van der Waals surface area contributed by atoms with Crippen molar-refractivity contribution < 1.29 is 17.7 Å². The van der Waals surface area contributed by atoms with Crippen LogP contribution in [0.3, 0.4) is 0 Å². The highest BCUT2D eigenvalue weighted by atomic mass is 32.2. The summed E-state index contributed by atoms with van der Waals surface area (Å²) in [6.07, 6.45) is 0. The molecule has 0 aliphatic heterocycles. The van der Waals surface area contributed by atoms with Crippen molar-refractivity contribution in [2.45, 2.75) is 11.6 Å². The summed E-state index contributed by atoms with van der Waals surface area (Å²) >= 11 is 0. The molecule has 6 nitrogen and oxygen atoms in total. The second-order valence-corrected chi connectivity index (χ2v) is 3.78. The smallest absolute Gasteiger partial charge is 0.271 e. The Hall–Kier alpha value is -0.890. The molecule has 0 saturated carbocycles. The molecule has 0 fully saturated rings. The van der Waals surface area contributed by atoms with Crippen LogP contribution >= 0.6 is 0 Å². The van der Waals surface area contributed by atoms with E-state index in [1.165, 1.54) is 19.2 Å². The Kier molecular flexibility index (Phi) is 3.04. The number of hydroxylamine groups is 1. The number of sulfonamides is 1. The number of hydrogen-bond acceptors (Lipinski definition) is 5. The summed E-state index contributed by atoms with van der Waals surface area (Å²) < 4.78 is 26.4. The minimum atomic E-state index is -3.74. The van der Waals surface area contributed by atoms with Crippen molar-refractivity contribution in [3.8, 4) is 0 Å². The van der Waals surface area contributed by atoms with Crippen LogP contribution in [0.25, 0.3) is 0 Å². The number of hydrogen-bond donors (Lipinski definition) is 2. The summed E-state index contributed by atoms with van der Waals surface area (Å²) in [4.78, 5) is 4.55. The van der Waals surface area contributed by atoms with E-state index >= 15 is 0 Å². The fourth-order valence-corrected chi connectivity index (χ4v) is 1.23. The number of nitrogens with two attached hydrogens (primary N) is 1. The van der Waals surface area contributed by atoms with E-state index < -0.39 is 10.0 Å². The zero-order valence-corrected chi connectivity index (χ0v) is 7.80. The number of rotatable bonds is 4. The quantitative estimate of drug-likeness (QED) is 0.652. The molecule has 0 aliphatic carbocycles. The highest BCUT2D eigenvalue weighted by Gasteiger charge is 2.12. The minimum absolute atomic E-state index is 0.250. The highest BCUT2D eigenvalue weighted by molar-refractivity contribution is 7.89. The second-order valence-electron chi connectivity index (χ2n) is 2.29. The molecular weight excluding hydrogens is 196 g/mol. The lowest BCUT2D eigenvalue weighted by Crippen LogP contribution is -2.11. The first-order valence-corrected chi connectivity index (χ1v) is 4.96. The van der Waals surface area contributed by atoms with E-state index in [1.54, 1.807) is 0 Å². The number of primary sulfonamides is 1. The molecule has 0 unspecified atom stereocenters. The van der Waals surface area contributed by atoms with E-state index in [1.807, 2.05) is 0 Å². The molecule has 0 radical (unpaired) electrons. The Labute approximate surface area is 75.7 Å². The topological polar surface area (TPSA) is 94.6 Å². The average Bonchev–Trinajstić information content (AvgIpc) is 2.47. The van der Waals surface area contributed by atoms with Crippen molar-refractivity contribution in [2.75, 3.05) is 7.11 Å². The fourth-order valence-electron chi connectivity index (χ4n) is 0.749. The van der Waals surface area contributed by atoms with Gasteiger partial charge in [0.1, 0.15) is 5.76 Å². The largest absolute Gasteiger partial charge is 0.447 e. The molecule has 0 bridgehead atoms. The van der Waals surface area contributed by atoms with Crippen LogP contribution in [0.4, 0.5) is 0 Å². The third-order valence-electron chi connectivity index (χ3n) is 1.31. The van der Waals surface area contributed by atoms with Gasteiger partial charge >= 0.3 is 0 Å². The molecule has 1 aromatic heterocycles. The van der Waals surface area contributed by atoms with Crippen LogP contribution in [0.5, 0.6) is 0 Å². The first-order chi connectivity index (χ1) is 6.04. The molecule has 0 atom stereocenters. The molecule has 1 rings (SSSR count). The standard InChI is InChI=1S/C6H10N2O4S/c1-11-8-4-5-2-3-6(12-5)13(7,9)10/h2-3,8H,4H2,1H3,(H2,7,9,10). The molecule has 7 heteroatoms. The van der Waals surface area contributed by atoms with Gasteiger partial charge in [-0.3, -0.25) is 0 Å². The summed E-state index contributed by atoms with van der Waals surface area (Å²) in [5.74, 6) is 0.436. The van der Waals surface area contributed by atoms with E-state index in [0.717, 1.165) is 0 Å². The lowest BCUT2D eigenvalue weighted by atomic mass is 10.5. The molecule has 0 aliphatic rings. The molecule has 1 heterocycles. The minimum Gasteiger partial charge on any atom is -0.447 e. The molecule has 0 saturated heterocycles. The molecule has 1 aromatic rings. The Morgan fingerprint density at radius 2 is 2.31 bits per heavy atom. The zero-order chi connectivity index (χ0) is 9.90. The van der Waals surface area contributed by atoms with Crippen molar-refractivity contribution in [3.63, 3.8) is 0 Å². The molecule has 0 spiro atoms. The lowest BCUT2D eigenvalue weighted by Gasteiger charge is -1.96. The van der Waals surface area contributed by atoms with Crippen LogP contribution in [0.15, 0.2) is 21.6 Å². The van der Waals surface area contributed by atoms with E-state index in [-0.39, 0.29) is 11.6 Å². The van der Waals surface area contributed by atoms with Gasteiger partial charge in [-0.15, -0.1) is 0 Å². The summed E-state index contributed by atoms with van der Waals surface area (Å²) in [6, 6.07) is 2.80. The Bertz CT molecular complexity index is 370. The van der Waals surface area contributed by atoms with Gasteiger partial charge in [-0.1, -0.05) is 0 Å². The summed E-state index contributed by atoms with van der Waals surface area (Å²) in [7, 11) is -2.29. The van der Waals surface area contributed by atoms with Gasteiger partial charge in [0.05, 0.1) is 13.7 Å². The van der Waals surface area contributed by atoms with Gasteiger partial charge in [0.25, 0.3) is 10.0 Å². The molecule has 3 N–H and O–H groups in total. The van der Waals surface area contributed by atoms with Crippen LogP contribution < -0.4 is 10.6 Å². The first kappa shape index (κ1) is 10.2. The molecule has 13 heavy (non-hydrogen) atoms. The molecular formula is C6H10N2O4S. The third-order valence-corrected chi connectivity index (χ3v) is 2.09. The maximum Gasteiger partial charge on any atom is 0.271 e. The van der Waals surface area contributed by atoms with E-state index in [9.17, 15) is 8.42 Å². The number of nitrogens with one attached hydrogen (secondary N) is 1. The van der Waals surface area contributed by atoms with Gasteiger partial charge in [0.2, 0.25) is 5.09 Å². The van der Waals surface area contributed by atoms with E-state index in [4.69, 9.17) is 9.56 Å². The van der Waals surface area contributed by atoms with E-state index in [2.05, 4.69) is 10.3 Å². The van der Waals surface area contributed by atoms with Gasteiger partial charge in [-0.2, -0.15) is 5.48 Å². The third kappa shape index (κ3) is 2.81. The van der Waals surface area contributed by atoms with Crippen LogP contribution in [0.2, 0.25) is 0 Å². The SMILES string of the molecule is CONCc1ccc(S(N)(=O)=O)o1. The Morgan fingerprint density at radius 1 is 1.62 bits per heavy atom. The maximum atomic E-state index is 10.8. The Morgan fingerprint density at radius 3 is 2.77 bits per heavy atom. The van der Waals surface area contributed by atoms with Crippen molar-refractivity contribution in [1.29, 1.82) is 0 Å². The Balaban J connectivity index is 2.76. The van der Waals surface area contributed by atoms with Crippen LogP contribution in [-0.4, -0.2) is 15.5 Å². The van der Waals surface area contributed by atoms with Gasteiger partial charge in [-0.25, -0.2) is 13.6 Å². The molecule has 0 amide bonds. The fraction of sp³-hybridized carbons (Fsp3) is 0.333. The van der Waals surface area contributed by atoms with Crippen LogP contribution in [-0.2, 0) is 21.4 Å². The predicted molar refractivity (Wildman–Crippen MR) is 43.9 cm³/mol. The van der Waals surface area contributed by atoms with Crippen LogP contribution in [0.1, 0.15) is 5.76 Å². The van der Waals surface area contributed by atoms with Gasteiger partial charge in [0, 0.05) is 0 Å². The number of furan rings is 1. The van der Waals surface area contributed by atoms with Gasteiger partial charge < -0.3 is 9.25 Å². The average molecular weight is 206 g/mol. The highest BCUT2D eigenvalue weighted by Crippen LogP contribution is 2.11. The lowest BCUT2D eigenvalue weighted by molar-refractivity contribution is 0.0808.